The summed E-state index contributed by atoms with van der Waals surface area (Å²) in [5, 5.41) is 4.46. The third-order valence-corrected chi connectivity index (χ3v) is 4.93. The minimum absolute atomic E-state index is 0.0118. The van der Waals surface area contributed by atoms with Crippen molar-refractivity contribution in [1.29, 1.82) is 0 Å². The molecule has 0 saturated carbocycles. The molecule has 0 aliphatic heterocycles. The predicted molar refractivity (Wildman–Crippen MR) is 119 cm³/mol. The molecule has 0 N–H and O–H groups in total. The fraction of sp³-hybridized carbons (Fsp3) is 0.217. The Labute approximate surface area is 183 Å². The number of allylic oxidation sites excluding steroid dienone is 1. The molecular weight excluding hydrogens is 412 g/mol. The van der Waals surface area contributed by atoms with Crippen LogP contribution in [0.1, 0.15) is 12.8 Å². The lowest BCUT2D eigenvalue weighted by Crippen LogP contribution is -2.40. The second kappa shape index (κ2) is 8.93. The number of hydrogen-bond donors (Lipinski definition) is 0. The number of hydrogen-bond acceptors (Lipinski definition) is 7. The molecule has 0 bridgehead atoms. The largest absolute Gasteiger partial charge is 0.493 e. The van der Waals surface area contributed by atoms with Gasteiger partial charge >= 0.3 is 5.69 Å². The van der Waals surface area contributed by atoms with E-state index in [1.807, 2.05) is 6.92 Å². The van der Waals surface area contributed by atoms with E-state index in [1.54, 1.807) is 49.6 Å². The van der Waals surface area contributed by atoms with Gasteiger partial charge in [0.25, 0.3) is 5.56 Å². The van der Waals surface area contributed by atoms with Crippen molar-refractivity contribution in [3.63, 3.8) is 0 Å². The smallest absolute Gasteiger partial charge is 0.332 e. The molecule has 164 valence electrons. The molecule has 0 fully saturated rings. The van der Waals surface area contributed by atoms with Gasteiger partial charge in [0.15, 0.2) is 11.5 Å². The van der Waals surface area contributed by atoms with Crippen LogP contribution in [0.2, 0.25) is 0 Å². The quantitative estimate of drug-likeness (QED) is 0.393. The summed E-state index contributed by atoms with van der Waals surface area (Å²) >= 11 is 0. The van der Waals surface area contributed by atoms with Gasteiger partial charge in [-0.1, -0.05) is 23.4 Å². The van der Waals surface area contributed by atoms with Crippen LogP contribution < -0.4 is 20.7 Å². The van der Waals surface area contributed by atoms with Crippen molar-refractivity contribution in [2.24, 2.45) is 0 Å². The molecule has 0 radical (unpaired) electrons. The van der Waals surface area contributed by atoms with Gasteiger partial charge in [-0.25, -0.2) is 4.79 Å². The van der Waals surface area contributed by atoms with Crippen LogP contribution in [-0.2, 0) is 13.1 Å². The lowest BCUT2D eigenvalue weighted by Gasteiger charge is -2.11. The maximum atomic E-state index is 13.0. The van der Waals surface area contributed by atoms with Gasteiger partial charge in [-0.15, -0.1) is 6.58 Å². The van der Waals surface area contributed by atoms with Crippen LogP contribution >= 0.6 is 0 Å². The fourth-order valence-corrected chi connectivity index (χ4v) is 3.47. The van der Waals surface area contributed by atoms with E-state index in [0.29, 0.717) is 40.4 Å². The highest BCUT2D eigenvalue weighted by atomic mass is 16.5. The highest BCUT2D eigenvalue weighted by molar-refractivity contribution is 5.77. The minimum Gasteiger partial charge on any atom is -0.493 e. The van der Waals surface area contributed by atoms with E-state index < -0.39 is 5.69 Å². The number of nitrogens with zero attached hydrogens (tertiary/aromatic N) is 4. The van der Waals surface area contributed by atoms with E-state index in [4.69, 9.17) is 14.0 Å². The number of methoxy groups -OCH3 is 1. The van der Waals surface area contributed by atoms with Crippen molar-refractivity contribution < 1.29 is 14.0 Å². The maximum Gasteiger partial charge on any atom is 0.332 e. The van der Waals surface area contributed by atoms with Crippen LogP contribution in [0, 0.1) is 0 Å². The molecule has 0 aliphatic carbocycles. The summed E-state index contributed by atoms with van der Waals surface area (Å²) in [6, 6.07) is 12.2. The van der Waals surface area contributed by atoms with Crippen LogP contribution in [0.4, 0.5) is 0 Å². The molecule has 0 spiro atoms. The van der Waals surface area contributed by atoms with Crippen molar-refractivity contribution >= 4 is 10.9 Å². The zero-order valence-corrected chi connectivity index (χ0v) is 17.8. The number of ether oxygens (including phenoxy) is 2. The Bertz CT molecular complexity index is 1400. The summed E-state index contributed by atoms with van der Waals surface area (Å²) in [4.78, 5) is 30.1. The van der Waals surface area contributed by atoms with Crippen molar-refractivity contribution in [2.75, 3.05) is 13.7 Å². The van der Waals surface area contributed by atoms with E-state index >= 15 is 0 Å². The highest BCUT2D eigenvalue weighted by Gasteiger charge is 2.17. The zero-order valence-electron chi connectivity index (χ0n) is 17.8. The lowest BCUT2D eigenvalue weighted by atomic mass is 10.2. The molecule has 0 saturated heterocycles. The molecular formula is C23H22N4O5. The minimum atomic E-state index is -0.476. The predicted octanol–water partition coefficient (Wildman–Crippen LogP) is 2.85. The van der Waals surface area contributed by atoms with E-state index in [0.717, 1.165) is 4.57 Å². The monoisotopic (exact) mass is 434 g/mol. The average Bonchev–Trinajstić information content (AvgIpc) is 3.28. The van der Waals surface area contributed by atoms with Gasteiger partial charge in [0, 0.05) is 12.1 Å². The Hall–Kier alpha value is -4.14. The Morgan fingerprint density at radius 1 is 1.12 bits per heavy atom. The van der Waals surface area contributed by atoms with Gasteiger partial charge in [0.05, 0.1) is 24.6 Å². The van der Waals surface area contributed by atoms with Crippen LogP contribution in [0.3, 0.4) is 0 Å². The molecule has 0 unspecified atom stereocenters. The SMILES string of the molecule is C=CCn1c(=O)c2ccccc2n(Cc2nc(-c3ccc(OCC)c(OC)c3)no2)c1=O. The van der Waals surface area contributed by atoms with Crippen LogP contribution in [-0.4, -0.2) is 33.0 Å². The first kappa shape index (κ1) is 21.1. The molecule has 0 aliphatic rings. The van der Waals surface area contributed by atoms with E-state index in [2.05, 4.69) is 16.7 Å². The standard InChI is InChI=1S/C23H22N4O5/c1-4-12-26-22(28)16-8-6-7-9-17(16)27(23(26)29)14-20-24-21(25-32-20)15-10-11-18(31-5-2)19(13-15)30-3/h4,6-11,13H,1,5,12,14H2,2-3H3. The van der Waals surface area contributed by atoms with E-state index in [1.165, 1.54) is 10.6 Å². The summed E-state index contributed by atoms with van der Waals surface area (Å²) < 4.78 is 18.9. The van der Waals surface area contributed by atoms with Gasteiger partial charge in [0.2, 0.25) is 11.7 Å². The Morgan fingerprint density at radius 2 is 1.94 bits per heavy atom. The van der Waals surface area contributed by atoms with Crippen LogP contribution in [0.5, 0.6) is 11.5 Å². The molecule has 2 aromatic heterocycles. The molecule has 4 rings (SSSR count). The van der Waals surface area contributed by atoms with Crippen molar-refractivity contribution in [3.05, 3.63) is 81.8 Å². The maximum absolute atomic E-state index is 13.0. The first-order valence-corrected chi connectivity index (χ1v) is 10.0. The number of para-hydroxylation sites is 1. The third-order valence-electron chi connectivity index (χ3n) is 4.93. The van der Waals surface area contributed by atoms with Gasteiger partial charge < -0.3 is 14.0 Å². The fourth-order valence-electron chi connectivity index (χ4n) is 3.47. The number of rotatable bonds is 8. The molecule has 9 heteroatoms. The number of benzene rings is 2. The van der Waals surface area contributed by atoms with Gasteiger partial charge in [-0.05, 0) is 37.3 Å². The molecule has 4 aromatic rings. The molecule has 32 heavy (non-hydrogen) atoms. The van der Waals surface area contributed by atoms with E-state index in [9.17, 15) is 9.59 Å². The van der Waals surface area contributed by atoms with Crippen LogP contribution in [0.15, 0.2) is 69.2 Å². The molecule has 0 atom stereocenters. The summed E-state index contributed by atoms with van der Waals surface area (Å²) in [6.07, 6.45) is 1.51. The van der Waals surface area contributed by atoms with Gasteiger partial charge in [-0.2, -0.15) is 4.98 Å². The first-order valence-electron chi connectivity index (χ1n) is 10.0. The Morgan fingerprint density at radius 3 is 2.69 bits per heavy atom. The van der Waals surface area contributed by atoms with Crippen LogP contribution in [0.25, 0.3) is 22.3 Å². The highest BCUT2D eigenvalue weighted by Crippen LogP contribution is 2.31. The molecule has 0 amide bonds. The zero-order chi connectivity index (χ0) is 22.7. The summed E-state index contributed by atoms with van der Waals surface area (Å²) in [5.41, 5.74) is 0.324. The number of fused-ring (bicyclic) bond motifs is 1. The van der Waals surface area contributed by atoms with E-state index in [-0.39, 0.29) is 24.5 Å². The van der Waals surface area contributed by atoms with Crippen molar-refractivity contribution in [2.45, 2.75) is 20.0 Å². The lowest BCUT2D eigenvalue weighted by molar-refractivity contribution is 0.311. The van der Waals surface area contributed by atoms with Crippen molar-refractivity contribution in [3.8, 4) is 22.9 Å². The Balaban J connectivity index is 1.74. The topological polar surface area (TPSA) is 101 Å². The average molecular weight is 434 g/mol. The summed E-state index contributed by atoms with van der Waals surface area (Å²) in [6.45, 7) is 6.15. The van der Waals surface area contributed by atoms with Gasteiger partial charge in [-0.3, -0.25) is 13.9 Å². The van der Waals surface area contributed by atoms with Crippen molar-refractivity contribution in [1.82, 2.24) is 19.3 Å². The summed E-state index contributed by atoms with van der Waals surface area (Å²) in [5.74, 6) is 1.74. The normalized spacial score (nSPS) is 10.9. The van der Waals surface area contributed by atoms with Gasteiger partial charge in [0.1, 0.15) is 6.54 Å². The molecule has 2 aromatic carbocycles. The molecule has 9 nitrogen and oxygen atoms in total. The number of aromatic nitrogens is 4. The molecule has 2 heterocycles. The Kier molecular flexibility index (Phi) is 5.89. The summed E-state index contributed by atoms with van der Waals surface area (Å²) in [7, 11) is 1.55. The second-order valence-electron chi connectivity index (χ2n) is 6.90. The second-order valence-corrected chi connectivity index (χ2v) is 6.90. The first-order chi connectivity index (χ1) is 15.6. The third kappa shape index (κ3) is 3.80.